The lowest BCUT2D eigenvalue weighted by Gasteiger charge is -2.26. The van der Waals surface area contributed by atoms with E-state index in [9.17, 15) is 18.0 Å². The molecular formula is C33H35F3N4O3S. The zero-order valence-electron chi connectivity index (χ0n) is 24.3. The number of morpholine rings is 1. The number of aromatic nitrogens is 1. The SMILES string of the molecule is O=C(NCCN1CCOCC1)c1csc(CN(Cc2ccc(OCc3ccccc3)cc2)Cc2cccc(C(F)(F)F)c2)n1. The van der Waals surface area contributed by atoms with E-state index < -0.39 is 11.7 Å². The van der Waals surface area contributed by atoms with Crippen molar-refractivity contribution in [2.75, 3.05) is 39.4 Å². The van der Waals surface area contributed by atoms with Crippen LogP contribution in [0.15, 0.2) is 84.2 Å². The van der Waals surface area contributed by atoms with Crippen LogP contribution >= 0.6 is 11.3 Å². The molecule has 1 N–H and O–H groups in total. The number of thiazole rings is 1. The van der Waals surface area contributed by atoms with Crippen molar-refractivity contribution in [1.29, 1.82) is 0 Å². The second-order valence-electron chi connectivity index (χ2n) is 10.6. The molecule has 0 saturated carbocycles. The molecule has 1 saturated heterocycles. The van der Waals surface area contributed by atoms with Gasteiger partial charge >= 0.3 is 6.18 Å². The summed E-state index contributed by atoms with van der Waals surface area (Å²) in [6, 6.07) is 23.0. The number of ether oxygens (including phenoxy) is 2. The summed E-state index contributed by atoms with van der Waals surface area (Å²) in [5, 5.41) is 5.36. The maximum atomic E-state index is 13.4. The lowest BCUT2D eigenvalue weighted by atomic mass is 10.1. The van der Waals surface area contributed by atoms with Gasteiger partial charge in [0.25, 0.3) is 5.91 Å². The van der Waals surface area contributed by atoms with Crippen LogP contribution in [0.2, 0.25) is 0 Å². The van der Waals surface area contributed by atoms with Crippen molar-refractivity contribution in [3.8, 4) is 5.75 Å². The van der Waals surface area contributed by atoms with E-state index in [4.69, 9.17) is 9.47 Å². The Labute approximate surface area is 259 Å². The molecule has 0 bridgehead atoms. The van der Waals surface area contributed by atoms with Crippen LogP contribution in [-0.2, 0) is 37.2 Å². The first kappa shape index (κ1) is 31.6. The fraction of sp³-hybridized carbons (Fsp3) is 0.333. The van der Waals surface area contributed by atoms with Crippen LogP contribution in [0, 0.1) is 0 Å². The first-order chi connectivity index (χ1) is 21.3. The van der Waals surface area contributed by atoms with Crippen molar-refractivity contribution in [1.82, 2.24) is 20.1 Å². The van der Waals surface area contributed by atoms with Gasteiger partial charge in [-0.25, -0.2) is 4.98 Å². The molecule has 232 valence electrons. The predicted octanol–water partition coefficient (Wildman–Crippen LogP) is 6.01. The van der Waals surface area contributed by atoms with Crippen LogP contribution in [0.3, 0.4) is 0 Å². The topological polar surface area (TPSA) is 66.9 Å². The van der Waals surface area contributed by atoms with Crippen LogP contribution in [0.4, 0.5) is 13.2 Å². The van der Waals surface area contributed by atoms with Gasteiger partial charge in [0.05, 0.1) is 25.3 Å². The second-order valence-corrected chi connectivity index (χ2v) is 11.5. The van der Waals surface area contributed by atoms with Crippen LogP contribution in [0.25, 0.3) is 0 Å². The minimum absolute atomic E-state index is 0.240. The van der Waals surface area contributed by atoms with Crippen LogP contribution in [0.5, 0.6) is 5.75 Å². The highest BCUT2D eigenvalue weighted by Crippen LogP contribution is 2.30. The van der Waals surface area contributed by atoms with Gasteiger partial charge in [-0.05, 0) is 34.9 Å². The Hall–Kier alpha value is -3.77. The molecule has 4 aromatic rings. The Kier molecular flexibility index (Phi) is 11.0. The van der Waals surface area contributed by atoms with Crippen molar-refractivity contribution < 1.29 is 27.4 Å². The number of carbonyl (C=O) groups is 1. The highest BCUT2D eigenvalue weighted by atomic mass is 32.1. The highest BCUT2D eigenvalue weighted by molar-refractivity contribution is 7.09. The molecule has 5 rings (SSSR count). The van der Waals surface area contributed by atoms with Crippen LogP contribution in [-0.4, -0.2) is 60.1 Å². The summed E-state index contributed by atoms with van der Waals surface area (Å²) >= 11 is 1.36. The molecule has 3 aromatic carbocycles. The Morgan fingerprint density at radius 2 is 1.66 bits per heavy atom. The third-order valence-electron chi connectivity index (χ3n) is 7.20. The number of rotatable bonds is 13. The maximum Gasteiger partial charge on any atom is 0.416 e. The Morgan fingerprint density at radius 1 is 0.932 bits per heavy atom. The molecule has 0 atom stereocenters. The molecule has 1 aliphatic heterocycles. The van der Waals surface area contributed by atoms with Gasteiger partial charge < -0.3 is 14.8 Å². The summed E-state index contributed by atoms with van der Waals surface area (Å²) in [5.74, 6) is 0.488. The van der Waals surface area contributed by atoms with Gasteiger partial charge in [0.2, 0.25) is 0 Å². The standard InChI is InChI=1S/C33H35F3N4O3S/c34-33(35,36)28-8-4-7-27(19-28)21-40(20-25-9-11-29(12-10-25)43-23-26-5-2-1-3-6-26)22-31-38-30(24-44-31)32(41)37-13-14-39-15-17-42-18-16-39/h1-12,19,24H,13-18,20-23H2,(H,37,41). The summed E-state index contributed by atoms with van der Waals surface area (Å²) in [5.41, 5.74) is 2.24. The zero-order valence-corrected chi connectivity index (χ0v) is 25.1. The van der Waals surface area contributed by atoms with E-state index in [1.807, 2.05) is 59.5 Å². The van der Waals surface area contributed by atoms with Gasteiger partial charge in [-0.2, -0.15) is 13.2 Å². The lowest BCUT2D eigenvalue weighted by Crippen LogP contribution is -2.41. The van der Waals surface area contributed by atoms with E-state index in [1.54, 1.807) is 11.4 Å². The molecule has 0 spiro atoms. The van der Waals surface area contributed by atoms with Crippen molar-refractivity contribution in [3.63, 3.8) is 0 Å². The van der Waals surface area contributed by atoms with E-state index in [0.717, 1.165) is 42.6 Å². The van der Waals surface area contributed by atoms with Gasteiger partial charge in [-0.15, -0.1) is 11.3 Å². The Bertz CT molecular complexity index is 1480. The number of nitrogens with one attached hydrogen (secondary N) is 1. The molecule has 1 aromatic heterocycles. The fourth-order valence-electron chi connectivity index (χ4n) is 4.88. The number of amides is 1. The van der Waals surface area contributed by atoms with E-state index in [2.05, 4.69) is 15.2 Å². The van der Waals surface area contributed by atoms with Gasteiger partial charge in [0, 0.05) is 44.6 Å². The summed E-state index contributed by atoms with van der Waals surface area (Å²) in [4.78, 5) is 21.5. The third-order valence-corrected chi connectivity index (χ3v) is 8.03. The van der Waals surface area contributed by atoms with Gasteiger partial charge in [-0.3, -0.25) is 14.6 Å². The van der Waals surface area contributed by atoms with Crippen molar-refractivity contribution in [2.45, 2.75) is 32.4 Å². The van der Waals surface area contributed by atoms with Crippen LogP contribution in [0.1, 0.15) is 37.7 Å². The fourth-order valence-corrected chi connectivity index (χ4v) is 5.70. The van der Waals surface area contributed by atoms with Gasteiger partial charge in [0.15, 0.2) is 0 Å². The number of carbonyl (C=O) groups excluding carboxylic acids is 1. The zero-order chi connectivity index (χ0) is 30.8. The first-order valence-corrected chi connectivity index (χ1v) is 15.4. The smallest absolute Gasteiger partial charge is 0.416 e. The molecule has 0 radical (unpaired) electrons. The number of halogens is 3. The summed E-state index contributed by atoms with van der Waals surface area (Å²) in [6.45, 7) is 5.92. The molecular weight excluding hydrogens is 589 g/mol. The number of nitrogens with zero attached hydrogens (tertiary/aromatic N) is 3. The van der Waals surface area contributed by atoms with E-state index >= 15 is 0 Å². The number of benzene rings is 3. The highest BCUT2D eigenvalue weighted by Gasteiger charge is 2.30. The molecule has 7 nitrogen and oxygen atoms in total. The third kappa shape index (κ3) is 9.62. The summed E-state index contributed by atoms with van der Waals surface area (Å²) in [7, 11) is 0. The van der Waals surface area contributed by atoms with E-state index in [0.29, 0.717) is 55.7 Å². The molecule has 1 amide bonds. The second kappa shape index (κ2) is 15.3. The molecule has 0 aliphatic carbocycles. The Morgan fingerprint density at radius 3 is 2.41 bits per heavy atom. The molecule has 2 heterocycles. The molecule has 11 heteroatoms. The van der Waals surface area contributed by atoms with Crippen molar-refractivity contribution in [2.24, 2.45) is 0 Å². The summed E-state index contributed by atoms with van der Waals surface area (Å²) < 4.78 is 51.5. The lowest BCUT2D eigenvalue weighted by molar-refractivity contribution is -0.137. The number of alkyl halides is 3. The Balaban J connectivity index is 1.23. The van der Waals surface area contributed by atoms with Crippen molar-refractivity contribution in [3.05, 3.63) is 117 Å². The van der Waals surface area contributed by atoms with Crippen LogP contribution < -0.4 is 10.1 Å². The predicted molar refractivity (Wildman–Crippen MR) is 163 cm³/mol. The molecule has 1 aliphatic rings. The number of hydrogen-bond donors (Lipinski definition) is 1. The molecule has 1 fully saturated rings. The normalized spacial score (nSPS) is 14.1. The average molecular weight is 625 g/mol. The molecule has 0 unspecified atom stereocenters. The monoisotopic (exact) mass is 624 g/mol. The largest absolute Gasteiger partial charge is 0.489 e. The maximum absolute atomic E-state index is 13.4. The minimum Gasteiger partial charge on any atom is -0.489 e. The van der Waals surface area contributed by atoms with E-state index in [-0.39, 0.29) is 12.5 Å². The first-order valence-electron chi connectivity index (χ1n) is 14.5. The van der Waals surface area contributed by atoms with Gasteiger partial charge in [0.1, 0.15) is 23.1 Å². The minimum atomic E-state index is -4.42. The van der Waals surface area contributed by atoms with Gasteiger partial charge in [-0.1, -0.05) is 60.7 Å². The quantitative estimate of drug-likeness (QED) is 0.197. The number of hydrogen-bond acceptors (Lipinski definition) is 7. The van der Waals surface area contributed by atoms with E-state index in [1.165, 1.54) is 23.5 Å². The van der Waals surface area contributed by atoms with Crippen molar-refractivity contribution >= 4 is 17.2 Å². The average Bonchev–Trinajstić information content (AvgIpc) is 3.50. The summed E-state index contributed by atoms with van der Waals surface area (Å²) in [6.07, 6.45) is -4.42. The molecule has 44 heavy (non-hydrogen) atoms.